The second kappa shape index (κ2) is 6.89. The Hall–Kier alpha value is -1.89. The molecule has 0 aliphatic heterocycles. The van der Waals surface area contributed by atoms with Crippen molar-refractivity contribution >= 4 is 23.5 Å². The Morgan fingerprint density at radius 3 is 2.68 bits per heavy atom. The largest absolute Gasteiger partial charge is 0.354 e. The monoisotopic (exact) mass is 281 g/mol. The van der Waals surface area contributed by atoms with E-state index < -0.39 is 0 Å². The van der Waals surface area contributed by atoms with Crippen LogP contribution in [0.5, 0.6) is 0 Å². The van der Waals surface area contributed by atoms with E-state index in [4.69, 9.17) is 11.6 Å². The lowest BCUT2D eigenvalue weighted by atomic mass is 10.4. The second-order valence-corrected chi connectivity index (χ2v) is 4.17. The van der Waals surface area contributed by atoms with Gasteiger partial charge in [-0.2, -0.15) is 20.1 Å². The van der Waals surface area contributed by atoms with Gasteiger partial charge in [0.2, 0.25) is 17.2 Å². The van der Waals surface area contributed by atoms with Crippen molar-refractivity contribution in [2.24, 2.45) is 0 Å². The summed E-state index contributed by atoms with van der Waals surface area (Å²) in [7, 11) is 0. The standard InChI is InChI=1S/C11H16ClN7/c1-2-13-10-16-9(12)17-11(18-10)14-5-3-7-19-8-4-6-15-19/h4,6,8H,2-3,5,7H2,1H3,(H2,13,14,16,17,18). The zero-order chi connectivity index (χ0) is 13.5. The molecule has 0 radical (unpaired) electrons. The van der Waals surface area contributed by atoms with Gasteiger partial charge in [0.25, 0.3) is 0 Å². The molecule has 8 heteroatoms. The first-order valence-electron chi connectivity index (χ1n) is 6.14. The van der Waals surface area contributed by atoms with E-state index in [1.54, 1.807) is 6.20 Å². The average molecular weight is 282 g/mol. The lowest BCUT2D eigenvalue weighted by Crippen LogP contribution is -2.11. The van der Waals surface area contributed by atoms with Crippen LogP contribution in [0.25, 0.3) is 0 Å². The molecule has 2 heterocycles. The smallest absolute Gasteiger partial charge is 0.228 e. The molecule has 0 amide bonds. The molecule has 2 aromatic rings. The Balaban J connectivity index is 1.81. The highest BCUT2D eigenvalue weighted by atomic mass is 35.5. The summed E-state index contributed by atoms with van der Waals surface area (Å²) in [5.74, 6) is 0.966. The number of hydrogen-bond acceptors (Lipinski definition) is 6. The fraction of sp³-hybridized carbons (Fsp3) is 0.455. The van der Waals surface area contributed by atoms with Gasteiger partial charge in [0.1, 0.15) is 0 Å². The van der Waals surface area contributed by atoms with Crippen LogP contribution in [-0.4, -0.2) is 37.8 Å². The van der Waals surface area contributed by atoms with Crippen LogP contribution >= 0.6 is 11.6 Å². The zero-order valence-electron chi connectivity index (χ0n) is 10.7. The third kappa shape index (κ3) is 4.36. The maximum Gasteiger partial charge on any atom is 0.228 e. The fourth-order valence-electron chi connectivity index (χ4n) is 1.54. The molecular weight excluding hydrogens is 266 g/mol. The van der Waals surface area contributed by atoms with E-state index in [2.05, 4.69) is 30.7 Å². The molecule has 2 rings (SSSR count). The normalized spacial score (nSPS) is 10.4. The molecule has 0 saturated carbocycles. The third-order valence-corrected chi connectivity index (χ3v) is 2.52. The van der Waals surface area contributed by atoms with Crippen molar-refractivity contribution in [1.29, 1.82) is 0 Å². The zero-order valence-corrected chi connectivity index (χ0v) is 11.4. The van der Waals surface area contributed by atoms with E-state index in [-0.39, 0.29) is 5.28 Å². The molecule has 102 valence electrons. The van der Waals surface area contributed by atoms with Crippen molar-refractivity contribution in [3.8, 4) is 0 Å². The van der Waals surface area contributed by atoms with E-state index in [0.29, 0.717) is 11.9 Å². The Kier molecular flexibility index (Phi) is 4.91. The van der Waals surface area contributed by atoms with Crippen molar-refractivity contribution in [3.05, 3.63) is 23.7 Å². The van der Waals surface area contributed by atoms with E-state index in [0.717, 1.165) is 26.1 Å². The van der Waals surface area contributed by atoms with Gasteiger partial charge < -0.3 is 10.6 Å². The van der Waals surface area contributed by atoms with Gasteiger partial charge in [-0.1, -0.05) is 0 Å². The summed E-state index contributed by atoms with van der Waals surface area (Å²) in [6, 6.07) is 1.90. The van der Waals surface area contributed by atoms with Crippen molar-refractivity contribution < 1.29 is 0 Å². The predicted octanol–water partition coefficient (Wildman–Crippen LogP) is 1.66. The van der Waals surface area contributed by atoms with Crippen LogP contribution in [0.15, 0.2) is 18.5 Å². The van der Waals surface area contributed by atoms with E-state index in [1.807, 2.05) is 23.9 Å². The van der Waals surface area contributed by atoms with Gasteiger partial charge in [-0.05, 0) is 31.0 Å². The SMILES string of the molecule is CCNc1nc(Cl)nc(NCCCn2cccn2)n1. The molecule has 0 aromatic carbocycles. The second-order valence-electron chi connectivity index (χ2n) is 3.83. The van der Waals surface area contributed by atoms with Crippen molar-refractivity contribution in [2.45, 2.75) is 19.9 Å². The Labute approximate surface area is 116 Å². The van der Waals surface area contributed by atoms with E-state index >= 15 is 0 Å². The van der Waals surface area contributed by atoms with Crippen LogP contribution in [0.2, 0.25) is 5.28 Å². The molecule has 2 aromatic heterocycles. The van der Waals surface area contributed by atoms with Crippen LogP contribution in [0.4, 0.5) is 11.9 Å². The summed E-state index contributed by atoms with van der Waals surface area (Å²) < 4.78 is 1.88. The van der Waals surface area contributed by atoms with Gasteiger partial charge in [0.05, 0.1) is 0 Å². The van der Waals surface area contributed by atoms with Gasteiger partial charge in [-0.15, -0.1) is 0 Å². The van der Waals surface area contributed by atoms with Gasteiger partial charge in [0, 0.05) is 32.0 Å². The predicted molar refractivity (Wildman–Crippen MR) is 74.3 cm³/mol. The maximum absolute atomic E-state index is 5.82. The molecule has 0 aliphatic carbocycles. The number of nitrogens with zero attached hydrogens (tertiary/aromatic N) is 5. The minimum Gasteiger partial charge on any atom is -0.354 e. The summed E-state index contributed by atoms with van der Waals surface area (Å²) in [5.41, 5.74) is 0. The van der Waals surface area contributed by atoms with Crippen LogP contribution in [0.3, 0.4) is 0 Å². The Morgan fingerprint density at radius 1 is 1.21 bits per heavy atom. The highest BCUT2D eigenvalue weighted by molar-refractivity contribution is 6.28. The summed E-state index contributed by atoms with van der Waals surface area (Å²) in [5, 5.41) is 10.4. The van der Waals surface area contributed by atoms with Gasteiger partial charge >= 0.3 is 0 Å². The highest BCUT2D eigenvalue weighted by Gasteiger charge is 2.03. The van der Waals surface area contributed by atoms with Gasteiger partial charge in [-0.3, -0.25) is 4.68 Å². The quantitative estimate of drug-likeness (QED) is 0.751. The molecule has 0 unspecified atom stereocenters. The minimum atomic E-state index is 0.181. The molecule has 0 spiro atoms. The van der Waals surface area contributed by atoms with E-state index in [1.165, 1.54) is 0 Å². The first-order valence-corrected chi connectivity index (χ1v) is 6.52. The van der Waals surface area contributed by atoms with Crippen molar-refractivity contribution in [2.75, 3.05) is 23.7 Å². The number of halogens is 1. The molecule has 2 N–H and O–H groups in total. The molecule has 0 atom stereocenters. The van der Waals surface area contributed by atoms with Crippen LogP contribution in [-0.2, 0) is 6.54 Å². The summed E-state index contributed by atoms with van der Waals surface area (Å²) in [6.45, 7) is 4.29. The van der Waals surface area contributed by atoms with Crippen molar-refractivity contribution in [3.63, 3.8) is 0 Å². The summed E-state index contributed by atoms with van der Waals surface area (Å²) >= 11 is 5.82. The molecule has 0 saturated heterocycles. The third-order valence-electron chi connectivity index (χ3n) is 2.35. The first-order chi connectivity index (χ1) is 9.28. The molecule has 0 fully saturated rings. The van der Waals surface area contributed by atoms with E-state index in [9.17, 15) is 0 Å². The number of anilines is 2. The minimum absolute atomic E-state index is 0.181. The molecule has 7 nitrogen and oxygen atoms in total. The number of rotatable bonds is 7. The fourth-order valence-corrected chi connectivity index (χ4v) is 1.70. The highest BCUT2D eigenvalue weighted by Crippen LogP contribution is 2.09. The van der Waals surface area contributed by atoms with Crippen LogP contribution < -0.4 is 10.6 Å². The molecular formula is C11H16ClN7. The van der Waals surface area contributed by atoms with Crippen molar-refractivity contribution in [1.82, 2.24) is 24.7 Å². The topological polar surface area (TPSA) is 80.5 Å². The number of hydrogen-bond donors (Lipinski definition) is 2. The number of aromatic nitrogens is 5. The molecule has 0 bridgehead atoms. The Bertz CT molecular complexity index is 500. The molecule has 0 aliphatic rings. The summed E-state index contributed by atoms with van der Waals surface area (Å²) in [4.78, 5) is 12.2. The number of aryl methyl sites for hydroxylation is 1. The van der Waals surface area contributed by atoms with Gasteiger partial charge in [0.15, 0.2) is 0 Å². The van der Waals surface area contributed by atoms with Crippen LogP contribution in [0.1, 0.15) is 13.3 Å². The average Bonchev–Trinajstić information content (AvgIpc) is 2.87. The maximum atomic E-state index is 5.82. The first kappa shape index (κ1) is 13.5. The number of nitrogens with one attached hydrogen (secondary N) is 2. The lowest BCUT2D eigenvalue weighted by Gasteiger charge is -2.07. The van der Waals surface area contributed by atoms with Crippen LogP contribution in [0, 0.1) is 0 Å². The molecule has 19 heavy (non-hydrogen) atoms. The van der Waals surface area contributed by atoms with Gasteiger partial charge in [-0.25, -0.2) is 0 Å². The lowest BCUT2D eigenvalue weighted by molar-refractivity contribution is 0.591. The Morgan fingerprint density at radius 2 is 2.00 bits per heavy atom. The summed E-state index contributed by atoms with van der Waals surface area (Å²) in [6.07, 6.45) is 4.62.